The summed E-state index contributed by atoms with van der Waals surface area (Å²) in [6.45, 7) is 11.9. The Hall–Kier alpha value is -10.1. The van der Waals surface area contributed by atoms with Crippen molar-refractivity contribution in [3.8, 4) is 11.5 Å². The van der Waals surface area contributed by atoms with Gasteiger partial charge in [-0.25, -0.2) is 4.98 Å². The highest BCUT2D eigenvalue weighted by molar-refractivity contribution is 7.98. The molecule has 114 heavy (non-hydrogen) atoms. The quantitative estimate of drug-likeness (QED) is 0.0575. The van der Waals surface area contributed by atoms with Crippen LogP contribution in [-0.4, -0.2) is 225 Å². The molecule has 3 aromatic carbocycles. The van der Waals surface area contributed by atoms with Gasteiger partial charge in [0.05, 0.1) is 19.3 Å². The second-order valence-corrected chi connectivity index (χ2v) is 31.9. The van der Waals surface area contributed by atoms with E-state index in [9.17, 15) is 73.2 Å². The number of aliphatic hydroxyl groups is 2. The van der Waals surface area contributed by atoms with E-state index in [1.807, 2.05) is 24.3 Å². The highest BCUT2D eigenvalue weighted by Gasteiger charge is 2.41. The highest BCUT2D eigenvalue weighted by atomic mass is 32.2. The Balaban J connectivity index is 1.24. The zero-order valence-corrected chi connectivity index (χ0v) is 67.0. The van der Waals surface area contributed by atoms with E-state index in [-0.39, 0.29) is 75.8 Å². The number of carbonyl (C=O) groups is 13. The van der Waals surface area contributed by atoms with Gasteiger partial charge in [0.25, 0.3) is 0 Å². The van der Waals surface area contributed by atoms with Gasteiger partial charge in [-0.15, -0.1) is 0 Å². The predicted molar refractivity (Wildman–Crippen MR) is 426 cm³/mol. The van der Waals surface area contributed by atoms with Crippen LogP contribution in [0.3, 0.4) is 0 Å². The van der Waals surface area contributed by atoms with E-state index in [4.69, 9.17) is 10.5 Å². The molecule has 36 heteroatoms. The summed E-state index contributed by atoms with van der Waals surface area (Å²) < 4.78 is 5.38. The monoisotopic (exact) mass is 1620 g/mol. The summed E-state index contributed by atoms with van der Waals surface area (Å²) in [5.74, 6) is -11.0. The number of anilines is 1. The molecule has 2 bridgehead atoms. The summed E-state index contributed by atoms with van der Waals surface area (Å²) in [6.07, 6.45) is -3.49. The van der Waals surface area contributed by atoms with Gasteiger partial charge in [0.1, 0.15) is 83.8 Å². The minimum absolute atomic E-state index is 0.0163. The maximum atomic E-state index is 15.1. The van der Waals surface area contributed by atoms with Crippen LogP contribution in [0.2, 0.25) is 0 Å². The molecule has 7 rings (SSSR count). The summed E-state index contributed by atoms with van der Waals surface area (Å²) in [7, 11) is 1.48. The van der Waals surface area contributed by atoms with Gasteiger partial charge >= 0.3 is 5.97 Å². The number of methoxy groups -OCH3 is 1. The van der Waals surface area contributed by atoms with Crippen molar-refractivity contribution in [1.82, 2.24) is 74.1 Å². The van der Waals surface area contributed by atoms with E-state index in [0.717, 1.165) is 11.1 Å². The Kier molecular flexibility index (Phi) is 35.5. The number of nitrogens with zero attached hydrogens (tertiary/aromatic N) is 1. The number of aliphatic carboxylic acids is 1. The normalized spacial score (nSPS) is 25.7. The number of thioether (sulfide) groups is 2. The average Bonchev–Trinajstić information content (AvgIpc) is 1.74. The zero-order chi connectivity index (χ0) is 83.3. The number of nitrogens with two attached hydrogens (primary N) is 1. The number of amides is 12. The fourth-order valence-electron chi connectivity index (χ4n) is 13.1. The molecular weight excluding hydrogens is 1510 g/mol. The third-order valence-corrected chi connectivity index (χ3v) is 21.6. The Morgan fingerprint density at radius 3 is 1.61 bits per heavy atom. The molecule has 20 N–H and O–H groups in total. The van der Waals surface area contributed by atoms with Crippen molar-refractivity contribution in [3.05, 3.63) is 119 Å². The Morgan fingerprint density at radius 1 is 0.579 bits per heavy atom. The molecule has 3 aliphatic heterocycles. The average molecular weight is 1620 g/mol. The molecule has 622 valence electrons. The number of ether oxygens (including phenoxy) is 1. The number of hydrogen-bond acceptors (Lipinski definition) is 23. The largest absolute Gasteiger partial charge is 0.508 e. The number of aliphatic hydroxyl groups excluding tert-OH is 2. The van der Waals surface area contributed by atoms with E-state index in [0.29, 0.717) is 58.7 Å². The fourth-order valence-corrected chi connectivity index (χ4v) is 15.0. The summed E-state index contributed by atoms with van der Waals surface area (Å²) in [5.41, 5.74) is 8.18. The van der Waals surface area contributed by atoms with Gasteiger partial charge in [0.2, 0.25) is 70.9 Å². The summed E-state index contributed by atoms with van der Waals surface area (Å²) in [4.78, 5) is 191. The number of carboxylic acids is 1. The second kappa shape index (κ2) is 44.5. The van der Waals surface area contributed by atoms with Crippen LogP contribution in [0.4, 0.5) is 5.82 Å². The fraction of sp³-hybridized carbons (Fsp3) is 0.538. The lowest BCUT2D eigenvalue weighted by Gasteiger charge is -2.32. The first-order chi connectivity index (χ1) is 54.2. The molecule has 3 aliphatic rings. The number of nitrogens with one attached hydrogen (secondary N) is 14. The number of primary amides is 1. The molecule has 0 spiro atoms. The lowest BCUT2D eigenvalue weighted by atomic mass is 9.85. The van der Waals surface area contributed by atoms with Crippen LogP contribution in [0.5, 0.6) is 11.5 Å². The van der Waals surface area contributed by atoms with Crippen molar-refractivity contribution in [1.29, 1.82) is 0 Å². The molecule has 4 aromatic rings. The number of benzene rings is 3. The number of fused-ring (bicyclic) bond motifs is 3. The minimum Gasteiger partial charge on any atom is -0.508 e. The maximum absolute atomic E-state index is 15.1. The molecule has 34 nitrogen and oxygen atoms in total. The van der Waals surface area contributed by atoms with Crippen LogP contribution in [0.1, 0.15) is 140 Å². The van der Waals surface area contributed by atoms with E-state index in [1.165, 1.54) is 68.7 Å². The topological polar surface area (TPSA) is 519 Å². The van der Waals surface area contributed by atoms with Gasteiger partial charge in [-0.1, -0.05) is 102 Å². The number of aromatic hydroxyl groups is 1. The van der Waals surface area contributed by atoms with Crippen LogP contribution in [0.15, 0.2) is 91.1 Å². The van der Waals surface area contributed by atoms with E-state index in [2.05, 4.69) is 79.4 Å². The first-order valence-corrected chi connectivity index (χ1v) is 40.5. The van der Waals surface area contributed by atoms with Gasteiger partial charge in [0, 0.05) is 86.6 Å². The van der Waals surface area contributed by atoms with Crippen molar-refractivity contribution >= 4 is 106 Å². The van der Waals surface area contributed by atoms with Crippen LogP contribution in [0, 0.1) is 5.41 Å². The predicted octanol–water partition coefficient (Wildman–Crippen LogP) is -0.250. The molecule has 15 atom stereocenters. The maximum Gasteiger partial charge on any atom is 0.303 e. The van der Waals surface area contributed by atoms with E-state index in [1.54, 1.807) is 77.2 Å². The third kappa shape index (κ3) is 28.4. The molecule has 0 saturated carbocycles. The van der Waals surface area contributed by atoms with Crippen LogP contribution in [-0.2, 0) is 86.7 Å². The van der Waals surface area contributed by atoms with E-state index >= 15 is 9.59 Å². The first-order valence-electron chi connectivity index (χ1n) is 38.2. The number of aromatic nitrogens is 1. The molecule has 1 fully saturated rings. The Morgan fingerprint density at radius 2 is 1.07 bits per heavy atom. The lowest BCUT2D eigenvalue weighted by molar-refractivity contribution is -0.139. The number of pyridine rings is 1. The molecule has 1 saturated heterocycles. The zero-order valence-electron chi connectivity index (χ0n) is 65.4. The van der Waals surface area contributed by atoms with Crippen molar-refractivity contribution in [2.24, 2.45) is 11.1 Å². The van der Waals surface area contributed by atoms with E-state index < -0.39 is 186 Å². The molecule has 1 aromatic heterocycles. The van der Waals surface area contributed by atoms with Gasteiger partial charge in [-0.2, -0.15) is 23.5 Å². The lowest BCUT2D eigenvalue weighted by Crippen LogP contribution is -2.63. The van der Waals surface area contributed by atoms with Crippen molar-refractivity contribution in [2.45, 2.75) is 221 Å². The smallest absolute Gasteiger partial charge is 0.303 e. The number of phenolic OH excluding ortho intramolecular Hbond substituents is 1. The molecule has 0 aliphatic carbocycles. The first kappa shape index (κ1) is 91.0. The van der Waals surface area contributed by atoms with Crippen molar-refractivity contribution in [2.75, 3.05) is 43.7 Å². The Labute approximate surface area is 671 Å². The molecule has 4 heterocycles. The number of hydrogen-bond donors (Lipinski definition) is 19. The number of phenols is 1. The van der Waals surface area contributed by atoms with Crippen molar-refractivity contribution in [3.63, 3.8) is 0 Å². The number of carboxylic acid groups (broad SMARTS) is 1. The summed E-state index contributed by atoms with van der Waals surface area (Å²) in [5, 5.41) is 81.4. The number of carbonyl (C=O) groups excluding carboxylic acids is 12. The van der Waals surface area contributed by atoms with Gasteiger partial charge < -0.3 is 105 Å². The minimum atomic E-state index is -1.84. The van der Waals surface area contributed by atoms with Crippen molar-refractivity contribution < 1.29 is 87.5 Å². The van der Waals surface area contributed by atoms with Gasteiger partial charge in [0.15, 0.2) is 0 Å². The third-order valence-electron chi connectivity index (χ3n) is 19.5. The standard InChI is InChI=1S/C78H110N16O18S2/c1-9-13-53-68(102)86-55(26-27-62(99)100)69(103)87-56(32-44-18-22-50(97)23-19-44)71(105)85-54(14-10-2)70(104)93-64(43(4)96)76(110)91-60(66(79)101)40-114-39-47-16-11-15-46(31-47)38-113-30-28-61(98)92-65(78(5,6)7)77(111)90-57(33-45-20-24-51(112-8)25-21-45)72(106)88-59(35-49-37-80-41-83-49)74(108)94-63(42(3)95)75(109)89-58(73(107)84-53)34-48-36-82-67-52(48)17-12-29-81-67/h11-12,15-25,29,31,42-43,48-49,53-60,63-65,80,83,95-97H,9-10,13-14,26-28,30,32-41H2,1-8H3,(H2,79,101)(H,81,82)(H,84,107)(H,85,105)(H,86,102)(H,87,103)(H,88,106)(H,89,109)(H,90,111)(H,91,110)(H,92,98)(H,93,104)(H,94,108)(H,99,100)/t42-,43-,48?,49?,53+,54+,55+,56+,57+,58+,59+,60+,63+,64+,65-/m1/s1. The summed E-state index contributed by atoms with van der Waals surface area (Å²) in [6, 6.07) is 5.85. The van der Waals surface area contributed by atoms with Crippen LogP contribution < -0.4 is 84.9 Å². The van der Waals surface area contributed by atoms with Crippen LogP contribution >= 0.6 is 23.5 Å². The van der Waals surface area contributed by atoms with Gasteiger partial charge in [-0.05, 0) is 110 Å². The Bertz CT molecular complexity index is 3980. The summed E-state index contributed by atoms with van der Waals surface area (Å²) >= 11 is 2.70. The SMILES string of the molecule is CCC[C@@H]1NC(=O)[C@H](CC2CNc3ncccc32)NC(=O)[C@H]([C@@H](C)O)NC(=O)[C@H](CC2CNCN2)NC(=O)[C@H](Cc2ccc(OC)cc2)NC(=O)[C@H](C(C)(C)C)NC(=O)CCSCc2cccc(c2)CSC[C@@H](C(N)=O)NC(=O)[C@H]([C@@H](C)O)NC(=O)[C@H](CCC)NC(=O)[C@H](Cc2ccc(O)cc2)NC(=O)[C@H](CCC(=O)O)NC1=O. The second-order valence-electron chi connectivity index (χ2n) is 29.8. The molecule has 12 amide bonds. The highest BCUT2D eigenvalue weighted by Crippen LogP contribution is 2.33. The van der Waals surface area contributed by atoms with Crippen LogP contribution in [0.25, 0.3) is 0 Å². The molecule has 2 unspecified atom stereocenters. The number of rotatable bonds is 19. The van der Waals surface area contributed by atoms with Gasteiger partial charge in [-0.3, -0.25) is 62.3 Å². The molecule has 0 radical (unpaired) electrons. The molecular formula is C78H110N16O18S2.